The third-order valence-electron chi connectivity index (χ3n) is 3.15. The summed E-state index contributed by atoms with van der Waals surface area (Å²) in [5.41, 5.74) is 1.17. The van der Waals surface area contributed by atoms with E-state index in [0.29, 0.717) is 6.04 Å². The average Bonchev–Trinajstić information content (AvgIpc) is 2.96. The van der Waals surface area contributed by atoms with Gasteiger partial charge in [0.25, 0.3) is 0 Å². The van der Waals surface area contributed by atoms with E-state index in [4.69, 9.17) is 12.2 Å². The van der Waals surface area contributed by atoms with Gasteiger partial charge in [-0.15, -0.1) is 0 Å². The number of aryl methyl sites for hydroxylation is 1. The molecule has 2 N–H and O–H groups in total. The van der Waals surface area contributed by atoms with Crippen LogP contribution < -0.4 is 10.6 Å². The highest BCUT2D eigenvalue weighted by molar-refractivity contribution is 7.80. The van der Waals surface area contributed by atoms with Crippen molar-refractivity contribution in [3.8, 4) is 0 Å². The molecule has 1 aromatic heterocycles. The van der Waals surface area contributed by atoms with Gasteiger partial charge in [-0.1, -0.05) is 12.8 Å². The highest BCUT2D eigenvalue weighted by atomic mass is 32.1. The Morgan fingerprint density at radius 3 is 2.94 bits per heavy atom. The van der Waals surface area contributed by atoms with Gasteiger partial charge < -0.3 is 10.6 Å². The Hall–Kier alpha value is -1.10. The molecule has 1 fully saturated rings. The SMILES string of the molecule is CCn1cc(CNC(=S)NC2CCCC2)cn1. The van der Waals surface area contributed by atoms with Gasteiger partial charge >= 0.3 is 0 Å². The van der Waals surface area contributed by atoms with E-state index in [1.54, 1.807) is 0 Å². The van der Waals surface area contributed by atoms with Gasteiger partial charge in [-0.3, -0.25) is 4.68 Å². The summed E-state index contributed by atoms with van der Waals surface area (Å²) >= 11 is 5.28. The maximum atomic E-state index is 5.28. The molecular formula is C12H20N4S. The van der Waals surface area contributed by atoms with Gasteiger partial charge in [0.15, 0.2) is 5.11 Å². The van der Waals surface area contributed by atoms with E-state index < -0.39 is 0 Å². The largest absolute Gasteiger partial charge is 0.360 e. The van der Waals surface area contributed by atoms with Crippen LogP contribution in [0.1, 0.15) is 38.2 Å². The Morgan fingerprint density at radius 1 is 1.53 bits per heavy atom. The smallest absolute Gasteiger partial charge is 0.166 e. The van der Waals surface area contributed by atoms with Crippen molar-refractivity contribution in [3.63, 3.8) is 0 Å². The molecule has 1 aliphatic carbocycles. The molecule has 0 atom stereocenters. The van der Waals surface area contributed by atoms with Gasteiger partial charge in [0.2, 0.25) is 0 Å². The van der Waals surface area contributed by atoms with Gasteiger partial charge in [0.1, 0.15) is 0 Å². The quantitative estimate of drug-likeness (QED) is 0.802. The van der Waals surface area contributed by atoms with E-state index in [0.717, 1.165) is 18.2 Å². The molecule has 0 spiro atoms. The third-order valence-corrected chi connectivity index (χ3v) is 3.42. The van der Waals surface area contributed by atoms with Crippen LogP contribution in [0.2, 0.25) is 0 Å². The molecule has 2 rings (SSSR count). The summed E-state index contributed by atoms with van der Waals surface area (Å²) in [7, 11) is 0. The van der Waals surface area contributed by atoms with E-state index >= 15 is 0 Å². The Labute approximate surface area is 108 Å². The molecule has 4 nitrogen and oxygen atoms in total. The maximum absolute atomic E-state index is 5.28. The molecule has 1 heterocycles. The maximum Gasteiger partial charge on any atom is 0.166 e. The van der Waals surface area contributed by atoms with E-state index in [-0.39, 0.29) is 0 Å². The molecule has 0 radical (unpaired) electrons. The van der Waals surface area contributed by atoms with Crippen LogP contribution in [-0.4, -0.2) is 20.9 Å². The summed E-state index contributed by atoms with van der Waals surface area (Å²) in [5, 5.41) is 11.6. The number of nitrogens with one attached hydrogen (secondary N) is 2. The summed E-state index contributed by atoms with van der Waals surface area (Å²) in [5.74, 6) is 0. The molecule has 0 aliphatic heterocycles. The number of hydrogen-bond donors (Lipinski definition) is 2. The van der Waals surface area contributed by atoms with Crippen LogP contribution in [0.15, 0.2) is 12.4 Å². The minimum Gasteiger partial charge on any atom is -0.360 e. The third kappa shape index (κ3) is 3.70. The van der Waals surface area contributed by atoms with E-state index in [1.165, 1.54) is 31.2 Å². The lowest BCUT2D eigenvalue weighted by molar-refractivity contribution is 0.621. The van der Waals surface area contributed by atoms with E-state index in [1.807, 2.05) is 17.1 Å². The molecule has 1 saturated carbocycles. The van der Waals surface area contributed by atoms with Gasteiger partial charge in [0.05, 0.1) is 6.20 Å². The molecule has 94 valence electrons. The second-order valence-electron chi connectivity index (χ2n) is 4.51. The second-order valence-corrected chi connectivity index (χ2v) is 4.92. The molecule has 1 aromatic rings. The number of thiocarbonyl (C=S) groups is 1. The Morgan fingerprint density at radius 2 is 2.29 bits per heavy atom. The minimum absolute atomic E-state index is 0.577. The Bertz CT molecular complexity index is 368. The fraction of sp³-hybridized carbons (Fsp3) is 0.667. The van der Waals surface area contributed by atoms with Crippen molar-refractivity contribution in [1.29, 1.82) is 0 Å². The zero-order valence-corrected chi connectivity index (χ0v) is 11.1. The summed E-state index contributed by atoms with van der Waals surface area (Å²) in [6.07, 6.45) is 9.07. The molecule has 17 heavy (non-hydrogen) atoms. The zero-order chi connectivity index (χ0) is 12.1. The fourth-order valence-corrected chi connectivity index (χ4v) is 2.40. The first-order valence-corrected chi connectivity index (χ1v) is 6.74. The number of aromatic nitrogens is 2. The highest BCUT2D eigenvalue weighted by Crippen LogP contribution is 2.17. The fourth-order valence-electron chi connectivity index (χ4n) is 2.16. The highest BCUT2D eigenvalue weighted by Gasteiger charge is 2.15. The molecule has 5 heteroatoms. The number of rotatable bonds is 4. The number of hydrogen-bond acceptors (Lipinski definition) is 2. The molecule has 1 aliphatic rings. The van der Waals surface area contributed by atoms with E-state index in [9.17, 15) is 0 Å². The first kappa shape index (κ1) is 12.4. The van der Waals surface area contributed by atoms with Crippen molar-refractivity contribution in [1.82, 2.24) is 20.4 Å². The van der Waals surface area contributed by atoms with Gasteiger partial charge in [-0.05, 0) is 32.0 Å². The lowest BCUT2D eigenvalue weighted by atomic mass is 10.2. The van der Waals surface area contributed by atoms with E-state index in [2.05, 4.69) is 22.7 Å². The summed E-state index contributed by atoms with van der Waals surface area (Å²) in [6, 6.07) is 0.577. The van der Waals surface area contributed by atoms with Crippen molar-refractivity contribution >= 4 is 17.3 Å². The zero-order valence-electron chi connectivity index (χ0n) is 10.3. The van der Waals surface area contributed by atoms with Crippen LogP contribution in [0.4, 0.5) is 0 Å². The first-order valence-electron chi connectivity index (χ1n) is 6.33. The van der Waals surface area contributed by atoms with Crippen LogP contribution in [-0.2, 0) is 13.1 Å². The summed E-state index contributed by atoms with van der Waals surface area (Å²) in [4.78, 5) is 0. The van der Waals surface area contributed by atoms with Crippen LogP contribution in [0.3, 0.4) is 0 Å². The first-order chi connectivity index (χ1) is 8.28. The predicted molar refractivity (Wildman–Crippen MR) is 72.7 cm³/mol. The Kier molecular flexibility index (Phi) is 4.36. The predicted octanol–water partition coefficient (Wildman–Crippen LogP) is 1.81. The van der Waals surface area contributed by atoms with Gasteiger partial charge in [0, 0.05) is 30.9 Å². The molecule has 0 aromatic carbocycles. The average molecular weight is 252 g/mol. The summed E-state index contributed by atoms with van der Waals surface area (Å²) < 4.78 is 1.92. The molecule has 0 unspecified atom stereocenters. The van der Waals surface area contributed by atoms with Crippen molar-refractivity contribution in [3.05, 3.63) is 18.0 Å². The van der Waals surface area contributed by atoms with Crippen molar-refractivity contribution in [2.24, 2.45) is 0 Å². The van der Waals surface area contributed by atoms with Gasteiger partial charge in [-0.2, -0.15) is 5.10 Å². The molecular weight excluding hydrogens is 232 g/mol. The summed E-state index contributed by atoms with van der Waals surface area (Å²) in [6.45, 7) is 3.74. The van der Waals surface area contributed by atoms with Crippen LogP contribution >= 0.6 is 12.2 Å². The standard InChI is InChI=1S/C12H20N4S/c1-2-16-9-10(8-14-16)7-13-12(17)15-11-5-3-4-6-11/h8-9,11H,2-7H2,1H3,(H2,13,15,17). The van der Waals surface area contributed by atoms with Crippen molar-refractivity contribution in [2.45, 2.75) is 51.7 Å². The van der Waals surface area contributed by atoms with Crippen molar-refractivity contribution < 1.29 is 0 Å². The van der Waals surface area contributed by atoms with Gasteiger partial charge in [-0.25, -0.2) is 0 Å². The van der Waals surface area contributed by atoms with Crippen LogP contribution in [0.5, 0.6) is 0 Å². The Balaban J connectivity index is 1.71. The monoisotopic (exact) mass is 252 g/mol. The van der Waals surface area contributed by atoms with Crippen molar-refractivity contribution in [2.75, 3.05) is 0 Å². The molecule has 0 bridgehead atoms. The lowest BCUT2D eigenvalue weighted by Gasteiger charge is -2.15. The molecule has 0 saturated heterocycles. The minimum atomic E-state index is 0.577. The molecule has 0 amide bonds. The van der Waals surface area contributed by atoms with Crippen LogP contribution in [0, 0.1) is 0 Å². The van der Waals surface area contributed by atoms with Crippen LogP contribution in [0.25, 0.3) is 0 Å². The normalized spacial score (nSPS) is 16.1. The second kappa shape index (κ2) is 6.00. The topological polar surface area (TPSA) is 41.9 Å². The number of nitrogens with zero attached hydrogens (tertiary/aromatic N) is 2. The lowest BCUT2D eigenvalue weighted by Crippen LogP contribution is -2.40.